The fraction of sp³-hybridized carbons (Fsp3) is 0.733. The van der Waals surface area contributed by atoms with Crippen LogP contribution in [0.25, 0.3) is 0 Å². The van der Waals surface area contributed by atoms with Crippen molar-refractivity contribution in [2.75, 3.05) is 6.61 Å². The molecule has 0 aromatic rings. The minimum absolute atomic E-state index is 0.0902. The van der Waals surface area contributed by atoms with Crippen LogP contribution < -0.4 is 0 Å². The van der Waals surface area contributed by atoms with Crippen LogP contribution >= 0.6 is 0 Å². The highest BCUT2D eigenvalue weighted by atomic mass is 16.5. The van der Waals surface area contributed by atoms with Gasteiger partial charge in [-0.25, -0.2) is 0 Å². The molecule has 3 heteroatoms. The summed E-state index contributed by atoms with van der Waals surface area (Å²) in [6.45, 7) is 2.15. The SMILES string of the molecule is CCOC(=O)C1(CC2=CCCCC2)CCCC1=O. The van der Waals surface area contributed by atoms with E-state index in [9.17, 15) is 9.59 Å². The Hall–Kier alpha value is -1.12. The Bertz CT molecular complexity index is 370. The van der Waals surface area contributed by atoms with Crippen molar-refractivity contribution in [3.8, 4) is 0 Å². The van der Waals surface area contributed by atoms with E-state index in [1.54, 1.807) is 6.92 Å². The molecule has 0 spiro atoms. The summed E-state index contributed by atoms with van der Waals surface area (Å²) in [5.74, 6) is -0.202. The van der Waals surface area contributed by atoms with E-state index in [4.69, 9.17) is 4.74 Å². The van der Waals surface area contributed by atoms with Gasteiger partial charge in [-0.1, -0.05) is 11.6 Å². The Kier molecular flexibility index (Phi) is 4.20. The van der Waals surface area contributed by atoms with Gasteiger partial charge in [-0.3, -0.25) is 9.59 Å². The second kappa shape index (κ2) is 5.68. The average Bonchev–Trinajstić information content (AvgIpc) is 2.74. The maximum absolute atomic E-state index is 12.2. The second-order valence-corrected chi connectivity index (χ2v) is 5.36. The third-order valence-electron chi connectivity index (χ3n) is 4.12. The maximum Gasteiger partial charge on any atom is 0.319 e. The van der Waals surface area contributed by atoms with E-state index >= 15 is 0 Å². The topological polar surface area (TPSA) is 43.4 Å². The molecule has 2 rings (SSSR count). The van der Waals surface area contributed by atoms with Crippen LogP contribution in [0.1, 0.15) is 58.3 Å². The second-order valence-electron chi connectivity index (χ2n) is 5.36. The van der Waals surface area contributed by atoms with E-state index in [0.717, 1.165) is 19.3 Å². The monoisotopic (exact) mass is 250 g/mol. The molecule has 1 atom stereocenters. The summed E-state index contributed by atoms with van der Waals surface area (Å²) >= 11 is 0. The normalized spacial score (nSPS) is 28.1. The molecule has 18 heavy (non-hydrogen) atoms. The molecular weight excluding hydrogens is 228 g/mol. The Morgan fingerprint density at radius 3 is 2.72 bits per heavy atom. The van der Waals surface area contributed by atoms with Gasteiger partial charge < -0.3 is 4.74 Å². The number of rotatable bonds is 4. The first-order chi connectivity index (χ1) is 8.69. The fourth-order valence-corrected chi connectivity index (χ4v) is 3.13. The van der Waals surface area contributed by atoms with Crippen molar-refractivity contribution in [3.05, 3.63) is 11.6 Å². The molecule has 1 fully saturated rings. The van der Waals surface area contributed by atoms with Gasteiger partial charge >= 0.3 is 5.97 Å². The maximum atomic E-state index is 12.2. The first-order valence-corrected chi connectivity index (χ1v) is 7.07. The highest BCUT2D eigenvalue weighted by molar-refractivity contribution is 6.05. The summed E-state index contributed by atoms with van der Waals surface area (Å²) in [5, 5.41) is 0. The summed E-state index contributed by atoms with van der Waals surface area (Å²) in [7, 11) is 0. The highest BCUT2D eigenvalue weighted by Crippen LogP contribution is 2.43. The van der Waals surface area contributed by atoms with Gasteiger partial charge in [0.1, 0.15) is 5.41 Å². The number of allylic oxidation sites excluding steroid dienone is 2. The van der Waals surface area contributed by atoms with Crippen molar-refractivity contribution in [2.24, 2.45) is 5.41 Å². The number of esters is 1. The van der Waals surface area contributed by atoms with Gasteiger partial charge in [0.2, 0.25) is 0 Å². The van der Waals surface area contributed by atoms with E-state index in [1.165, 1.54) is 18.4 Å². The van der Waals surface area contributed by atoms with Crippen LogP contribution in [0.4, 0.5) is 0 Å². The molecular formula is C15H22O3. The third-order valence-corrected chi connectivity index (χ3v) is 4.12. The summed E-state index contributed by atoms with van der Waals surface area (Å²) in [5.41, 5.74) is 0.434. The van der Waals surface area contributed by atoms with Gasteiger partial charge in [0.15, 0.2) is 5.78 Å². The molecule has 0 heterocycles. The fourth-order valence-electron chi connectivity index (χ4n) is 3.13. The van der Waals surface area contributed by atoms with Crippen molar-refractivity contribution in [1.29, 1.82) is 0 Å². The summed E-state index contributed by atoms with van der Waals surface area (Å²) < 4.78 is 5.15. The van der Waals surface area contributed by atoms with Crippen molar-refractivity contribution < 1.29 is 14.3 Å². The number of ketones is 1. The Balaban J connectivity index is 2.17. The lowest BCUT2D eigenvalue weighted by Gasteiger charge is -2.27. The van der Waals surface area contributed by atoms with Gasteiger partial charge in [-0.05, 0) is 51.9 Å². The van der Waals surface area contributed by atoms with Crippen LogP contribution in [-0.4, -0.2) is 18.4 Å². The van der Waals surface area contributed by atoms with E-state index in [1.807, 2.05) is 0 Å². The molecule has 0 bridgehead atoms. The molecule has 0 radical (unpaired) electrons. The van der Waals surface area contributed by atoms with Crippen LogP contribution in [0.15, 0.2) is 11.6 Å². The number of hydrogen-bond acceptors (Lipinski definition) is 3. The lowest BCUT2D eigenvalue weighted by molar-refractivity contribution is -0.158. The molecule has 0 N–H and O–H groups in total. The van der Waals surface area contributed by atoms with Crippen LogP contribution in [0, 0.1) is 5.41 Å². The molecule has 0 aromatic heterocycles. The molecule has 0 saturated heterocycles. The van der Waals surface area contributed by atoms with Crippen molar-refractivity contribution in [1.82, 2.24) is 0 Å². The number of ether oxygens (including phenoxy) is 1. The highest BCUT2D eigenvalue weighted by Gasteiger charge is 2.49. The molecule has 2 aliphatic rings. The zero-order valence-electron chi connectivity index (χ0n) is 11.2. The summed E-state index contributed by atoms with van der Waals surface area (Å²) in [6, 6.07) is 0. The van der Waals surface area contributed by atoms with E-state index < -0.39 is 5.41 Å². The van der Waals surface area contributed by atoms with Gasteiger partial charge in [-0.15, -0.1) is 0 Å². The molecule has 0 aromatic carbocycles. The average molecular weight is 250 g/mol. The Morgan fingerprint density at radius 1 is 1.33 bits per heavy atom. The quantitative estimate of drug-likeness (QED) is 0.437. The largest absolute Gasteiger partial charge is 0.465 e. The number of hydrogen-bond donors (Lipinski definition) is 0. The van der Waals surface area contributed by atoms with Crippen molar-refractivity contribution >= 4 is 11.8 Å². The van der Waals surface area contributed by atoms with Gasteiger partial charge in [-0.2, -0.15) is 0 Å². The minimum atomic E-state index is -0.848. The molecule has 1 saturated carbocycles. The molecule has 0 amide bonds. The Morgan fingerprint density at radius 2 is 2.17 bits per heavy atom. The van der Waals surface area contributed by atoms with Gasteiger partial charge in [0.25, 0.3) is 0 Å². The first-order valence-electron chi connectivity index (χ1n) is 7.07. The number of carbonyl (C=O) groups is 2. The van der Waals surface area contributed by atoms with Crippen LogP contribution in [-0.2, 0) is 14.3 Å². The molecule has 3 nitrogen and oxygen atoms in total. The van der Waals surface area contributed by atoms with E-state index in [2.05, 4.69) is 6.08 Å². The Labute approximate surface area is 109 Å². The third kappa shape index (κ3) is 2.50. The smallest absolute Gasteiger partial charge is 0.319 e. The number of Topliss-reactive ketones (excluding diaryl/α,β-unsaturated/α-hetero) is 1. The first kappa shape index (κ1) is 13.3. The standard InChI is InChI=1S/C15H22O3/c1-2-18-14(17)15(10-6-9-13(15)16)11-12-7-4-3-5-8-12/h7H,2-6,8-11H2,1H3. The zero-order chi connectivity index (χ0) is 13.0. The molecule has 100 valence electrons. The van der Waals surface area contributed by atoms with Gasteiger partial charge in [0, 0.05) is 6.42 Å². The molecule has 2 aliphatic carbocycles. The lowest BCUT2D eigenvalue weighted by Crippen LogP contribution is -2.37. The van der Waals surface area contributed by atoms with Crippen molar-refractivity contribution in [2.45, 2.75) is 58.3 Å². The van der Waals surface area contributed by atoms with E-state index in [0.29, 0.717) is 25.9 Å². The van der Waals surface area contributed by atoms with Crippen molar-refractivity contribution in [3.63, 3.8) is 0 Å². The zero-order valence-corrected chi connectivity index (χ0v) is 11.2. The molecule has 0 aliphatic heterocycles. The summed E-state index contributed by atoms with van der Waals surface area (Å²) in [4.78, 5) is 24.3. The van der Waals surface area contributed by atoms with Gasteiger partial charge in [0.05, 0.1) is 6.61 Å². The predicted octanol–water partition coefficient (Wildman–Crippen LogP) is 3.18. The van der Waals surface area contributed by atoms with Crippen LogP contribution in [0.3, 0.4) is 0 Å². The summed E-state index contributed by atoms with van der Waals surface area (Å²) in [6.07, 6.45) is 9.37. The molecule has 1 unspecified atom stereocenters. The van der Waals surface area contributed by atoms with E-state index in [-0.39, 0.29) is 11.8 Å². The lowest BCUT2D eigenvalue weighted by atomic mass is 9.77. The predicted molar refractivity (Wildman–Crippen MR) is 69.1 cm³/mol. The minimum Gasteiger partial charge on any atom is -0.465 e. The van der Waals surface area contributed by atoms with Crippen LogP contribution in [0.5, 0.6) is 0 Å². The number of carbonyl (C=O) groups excluding carboxylic acids is 2. The van der Waals surface area contributed by atoms with Crippen LogP contribution in [0.2, 0.25) is 0 Å².